The standard InChI is InChI=1S/C14H20N2OS/c1-12(9-11-18(2)17)16-14(8-10-15)13-6-4-3-5-7-13/h3-7,12,14,16H,8-9,11H2,1-2H3. The van der Waals surface area contributed by atoms with Crippen molar-refractivity contribution in [1.82, 2.24) is 5.32 Å². The molecule has 1 aromatic rings. The Bertz CT molecular complexity index is 414. The molecule has 0 bridgehead atoms. The van der Waals surface area contributed by atoms with Gasteiger partial charge >= 0.3 is 0 Å². The maximum atomic E-state index is 11.1. The van der Waals surface area contributed by atoms with Crippen LogP contribution < -0.4 is 5.32 Å². The average molecular weight is 264 g/mol. The van der Waals surface area contributed by atoms with Crippen molar-refractivity contribution in [2.75, 3.05) is 12.0 Å². The molecule has 0 aromatic heterocycles. The topological polar surface area (TPSA) is 52.9 Å². The van der Waals surface area contributed by atoms with Gasteiger partial charge < -0.3 is 5.32 Å². The van der Waals surface area contributed by atoms with Crippen molar-refractivity contribution in [3.05, 3.63) is 35.9 Å². The van der Waals surface area contributed by atoms with Crippen molar-refractivity contribution in [3.63, 3.8) is 0 Å². The molecule has 3 atom stereocenters. The van der Waals surface area contributed by atoms with Gasteiger partial charge in [0.25, 0.3) is 0 Å². The van der Waals surface area contributed by atoms with E-state index < -0.39 is 10.8 Å². The van der Waals surface area contributed by atoms with E-state index in [0.29, 0.717) is 12.2 Å². The van der Waals surface area contributed by atoms with Crippen molar-refractivity contribution in [1.29, 1.82) is 5.26 Å². The third-order valence-electron chi connectivity index (χ3n) is 2.82. The van der Waals surface area contributed by atoms with Gasteiger partial charge in [-0.05, 0) is 18.9 Å². The van der Waals surface area contributed by atoms with Gasteiger partial charge in [0.05, 0.1) is 12.5 Å². The van der Waals surface area contributed by atoms with Gasteiger partial charge in [-0.3, -0.25) is 4.21 Å². The third-order valence-corrected chi connectivity index (χ3v) is 3.63. The summed E-state index contributed by atoms with van der Waals surface area (Å²) in [4.78, 5) is 0. The van der Waals surface area contributed by atoms with Gasteiger partial charge in [0.1, 0.15) is 0 Å². The maximum Gasteiger partial charge on any atom is 0.0641 e. The molecule has 0 heterocycles. The molecular formula is C14H20N2OS. The average Bonchev–Trinajstić information content (AvgIpc) is 2.37. The van der Waals surface area contributed by atoms with Crippen LogP contribution in [-0.4, -0.2) is 22.3 Å². The fourth-order valence-corrected chi connectivity index (χ4v) is 2.50. The molecule has 0 fully saturated rings. The van der Waals surface area contributed by atoms with Gasteiger partial charge in [0, 0.05) is 34.9 Å². The van der Waals surface area contributed by atoms with Crippen LogP contribution in [0.5, 0.6) is 0 Å². The van der Waals surface area contributed by atoms with Crippen LogP contribution in [0.25, 0.3) is 0 Å². The Balaban J connectivity index is 2.58. The summed E-state index contributed by atoms with van der Waals surface area (Å²) in [6.45, 7) is 2.07. The molecule has 98 valence electrons. The smallest absolute Gasteiger partial charge is 0.0641 e. The number of benzene rings is 1. The number of nitrogens with zero attached hydrogens (tertiary/aromatic N) is 1. The molecule has 0 radical (unpaired) electrons. The maximum absolute atomic E-state index is 11.1. The second-order valence-corrected chi connectivity index (χ2v) is 6.01. The fraction of sp³-hybridized carbons (Fsp3) is 0.500. The van der Waals surface area contributed by atoms with Gasteiger partial charge in [-0.15, -0.1) is 0 Å². The number of nitriles is 1. The molecule has 0 spiro atoms. The number of hydrogen-bond donors (Lipinski definition) is 1. The minimum atomic E-state index is -0.754. The predicted octanol–water partition coefficient (Wildman–Crippen LogP) is 2.39. The number of hydrogen-bond acceptors (Lipinski definition) is 3. The highest BCUT2D eigenvalue weighted by Crippen LogP contribution is 2.17. The Hall–Kier alpha value is -1.18. The molecule has 18 heavy (non-hydrogen) atoms. The molecule has 0 amide bonds. The van der Waals surface area contributed by atoms with E-state index in [0.717, 1.165) is 12.0 Å². The van der Waals surface area contributed by atoms with Crippen molar-refractivity contribution in [2.24, 2.45) is 0 Å². The first-order valence-corrected chi connectivity index (χ1v) is 7.84. The van der Waals surface area contributed by atoms with Crippen LogP contribution in [0.4, 0.5) is 0 Å². The Morgan fingerprint density at radius 1 is 1.39 bits per heavy atom. The van der Waals surface area contributed by atoms with Crippen LogP contribution in [0, 0.1) is 11.3 Å². The summed E-state index contributed by atoms with van der Waals surface area (Å²) in [6.07, 6.45) is 3.03. The Morgan fingerprint density at radius 3 is 2.61 bits per heavy atom. The Labute approximate surface area is 112 Å². The van der Waals surface area contributed by atoms with Crippen molar-refractivity contribution in [3.8, 4) is 6.07 Å². The first-order valence-electron chi connectivity index (χ1n) is 6.11. The lowest BCUT2D eigenvalue weighted by Crippen LogP contribution is -2.31. The largest absolute Gasteiger partial charge is 0.307 e. The fourth-order valence-electron chi connectivity index (χ4n) is 1.82. The summed E-state index contributed by atoms with van der Waals surface area (Å²) in [5.74, 6) is 0.697. The summed E-state index contributed by atoms with van der Waals surface area (Å²) in [5.41, 5.74) is 1.13. The van der Waals surface area contributed by atoms with Crippen LogP contribution in [-0.2, 0) is 10.8 Å². The monoisotopic (exact) mass is 264 g/mol. The summed E-state index contributed by atoms with van der Waals surface area (Å²) >= 11 is 0. The third kappa shape index (κ3) is 5.44. The van der Waals surface area contributed by atoms with Crippen LogP contribution in [0.1, 0.15) is 31.4 Å². The quantitative estimate of drug-likeness (QED) is 0.822. The molecule has 0 aliphatic heterocycles. The molecular weight excluding hydrogens is 244 g/mol. The second kappa shape index (κ2) is 8.02. The van der Waals surface area contributed by atoms with Gasteiger partial charge in [0.2, 0.25) is 0 Å². The number of nitrogens with one attached hydrogen (secondary N) is 1. The highest BCUT2D eigenvalue weighted by Gasteiger charge is 2.13. The van der Waals surface area contributed by atoms with Crippen LogP contribution >= 0.6 is 0 Å². The van der Waals surface area contributed by atoms with Gasteiger partial charge in [0.15, 0.2) is 0 Å². The van der Waals surface area contributed by atoms with Gasteiger partial charge in [-0.1, -0.05) is 30.3 Å². The zero-order valence-corrected chi connectivity index (χ0v) is 11.7. The molecule has 1 rings (SSSR count). The first kappa shape index (κ1) is 14.9. The van der Waals surface area contributed by atoms with Gasteiger partial charge in [-0.2, -0.15) is 5.26 Å². The zero-order chi connectivity index (χ0) is 13.4. The summed E-state index contributed by atoms with van der Waals surface area (Å²) in [7, 11) is -0.754. The first-order chi connectivity index (χ1) is 8.63. The van der Waals surface area contributed by atoms with Crippen LogP contribution in [0.15, 0.2) is 30.3 Å². The van der Waals surface area contributed by atoms with E-state index in [-0.39, 0.29) is 12.1 Å². The van der Waals surface area contributed by atoms with Crippen molar-refractivity contribution in [2.45, 2.75) is 31.8 Å². The summed E-state index contributed by atoms with van der Waals surface area (Å²) < 4.78 is 11.1. The molecule has 0 saturated carbocycles. The SMILES string of the molecule is CC(CCS(C)=O)NC(CC#N)c1ccccc1. The highest BCUT2D eigenvalue weighted by atomic mass is 32.2. The van der Waals surface area contributed by atoms with Crippen molar-refractivity contribution >= 4 is 10.8 Å². The minimum Gasteiger partial charge on any atom is -0.307 e. The lowest BCUT2D eigenvalue weighted by atomic mass is 10.0. The Morgan fingerprint density at radius 2 is 2.06 bits per heavy atom. The van der Waals surface area contributed by atoms with E-state index in [9.17, 15) is 4.21 Å². The lowest BCUT2D eigenvalue weighted by molar-refractivity contribution is 0.452. The minimum absolute atomic E-state index is 0.0523. The highest BCUT2D eigenvalue weighted by molar-refractivity contribution is 7.84. The van der Waals surface area contributed by atoms with Crippen molar-refractivity contribution < 1.29 is 4.21 Å². The molecule has 0 saturated heterocycles. The molecule has 3 nitrogen and oxygen atoms in total. The summed E-state index contributed by atoms with van der Waals surface area (Å²) in [5, 5.41) is 12.3. The molecule has 3 unspecified atom stereocenters. The van der Waals surface area contributed by atoms with E-state index in [2.05, 4.69) is 18.3 Å². The van der Waals surface area contributed by atoms with Crippen LogP contribution in [0.2, 0.25) is 0 Å². The van der Waals surface area contributed by atoms with E-state index in [1.807, 2.05) is 30.3 Å². The second-order valence-electron chi connectivity index (χ2n) is 4.46. The molecule has 0 aliphatic carbocycles. The normalized spacial score (nSPS) is 15.6. The molecule has 0 aliphatic rings. The molecule has 4 heteroatoms. The number of rotatable bonds is 7. The van der Waals surface area contributed by atoms with Crippen LogP contribution in [0.3, 0.4) is 0 Å². The van der Waals surface area contributed by atoms with E-state index >= 15 is 0 Å². The summed E-state index contributed by atoms with van der Waals surface area (Å²) in [6, 6.07) is 12.5. The van der Waals surface area contributed by atoms with E-state index in [1.165, 1.54) is 0 Å². The van der Waals surface area contributed by atoms with E-state index in [4.69, 9.17) is 5.26 Å². The zero-order valence-electron chi connectivity index (χ0n) is 10.9. The molecule has 1 N–H and O–H groups in total. The Kier molecular flexibility index (Phi) is 6.63. The van der Waals surface area contributed by atoms with E-state index in [1.54, 1.807) is 6.26 Å². The lowest BCUT2D eigenvalue weighted by Gasteiger charge is -2.21. The predicted molar refractivity (Wildman–Crippen MR) is 75.6 cm³/mol. The molecule has 1 aromatic carbocycles. The van der Waals surface area contributed by atoms with Gasteiger partial charge in [-0.25, -0.2) is 0 Å².